The minimum absolute atomic E-state index is 0.160. The minimum atomic E-state index is -0.160. The molecule has 0 aliphatic carbocycles. The Morgan fingerprint density at radius 3 is 2.80 bits per heavy atom. The van der Waals surface area contributed by atoms with E-state index < -0.39 is 0 Å². The smallest absolute Gasteiger partial charge is 0.135 e. The second-order valence-corrected chi connectivity index (χ2v) is 4.63. The Morgan fingerprint density at radius 2 is 2.10 bits per heavy atom. The lowest BCUT2D eigenvalue weighted by Crippen LogP contribution is -2.03. The van der Waals surface area contributed by atoms with Gasteiger partial charge in [0.2, 0.25) is 0 Å². The Hall–Kier alpha value is -2.25. The van der Waals surface area contributed by atoms with Crippen LogP contribution in [0.3, 0.4) is 0 Å². The van der Waals surface area contributed by atoms with Crippen molar-refractivity contribution < 1.29 is 9.84 Å². The third-order valence-corrected chi connectivity index (χ3v) is 2.76. The van der Waals surface area contributed by atoms with E-state index in [2.05, 4.69) is 30.8 Å². The summed E-state index contributed by atoms with van der Waals surface area (Å²) >= 11 is 0. The molecule has 0 aliphatic rings. The molecule has 104 valence electrons. The van der Waals surface area contributed by atoms with E-state index in [-0.39, 0.29) is 6.61 Å². The van der Waals surface area contributed by atoms with Crippen molar-refractivity contribution in [3.8, 4) is 17.6 Å². The van der Waals surface area contributed by atoms with Gasteiger partial charge in [0.25, 0.3) is 0 Å². The highest BCUT2D eigenvalue weighted by Gasteiger charge is 2.04. The van der Waals surface area contributed by atoms with E-state index in [4.69, 9.17) is 9.84 Å². The molecule has 4 nitrogen and oxygen atoms in total. The molecule has 2 aromatic rings. The molecule has 0 aliphatic heterocycles. The number of aliphatic hydroxyl groups excluding tert-OH is 1. The number of para-hydroxylation sites is 1. The van der Waals surface area contributed by atoms with Gasteiger partial charge in [0.15, 0.2) is 0 Å². The van der Waals surface area contributed by atoms with Gasteiger partial charge in [0.05, 0.1) is 11.3 Å². The van der Waals surface area contributed by atoms with E-state index >= 15 is 0 Å². The minimum Gasteiger partial charge on any atom is -0.486 e. The van der Waals surface area contributed by atoms with Crippen molar-refractivity contribution in [3.63, 3.8) is 0 Å². The largest absolute Gasteiger partial charge is 0.486 e. The molecule has 0 bridgehead atoms. The lowest BCUT2D eigenvalue weighted by atomic mass is 10.2. The van der Waals surface area contributed by atoms with Crippen molar-refractivity contribution in [3.05, 3.63) is 47.8 Å². The average Bonchev–Trinajstić information content (AvgIpc) is 2.93. The lowest BCUT2D eigenvalue weighted by molar-refractivity contribution is 0.298. The van der Waals surface area contributed by atoms with Crippen molar-refractivity contribution in [2.45, 2.75) is 26.5 Å². The van der Waals surface area contributed by atoms with Crippen LogP contribution in [0.4, 0.5) is 0 Å². The van der Waals surface area contributed by atoms with Crippen LogP contribution in [0.25, 0.3) is 0 Å². The van der Waals surface area contributed by atoms with Crippen LogP contribution in [-0.4, -0.2) is 21.5 Å². The fourth-order valence-electron chi connectivity index (χ4n) is 1.72. The van der Waals surface area contributed by atoms with Gasteiger partial charge in [0, 0.05) is 12.2 Å². The third-order valence-electron chi connectivity index (χ3n) is 2.76. The summed E-state index contributed by atoms with van der Waals surface area (Å²) in [6.07, 6.45) is 1.95. The molecule has 0 radical (unpaired) electrons. The first-order chi connectivity index (χ1) is 9.70. The Balaban J connectivity index is 2.06. The number of hydrogen-bond acceptors (Lipinski definition) is 3. The molecule has 0 saturated carbocycles. The topological polar surface area (TPSA) is 47.3 Å². The van der Waals surface area contributed by atoms with E-state index in [1.165, 1.54) is 0 Å². The molecule has 1 N–H and O–H groups in total. The number of benzene rings is 1. The zero-order chi connectivity index (χ0) is 14.4. The standard InChI is InChI=1S/C16H18N2O2/c1-13(2)18-10-9-15(17-18)12-20-16-8-4-3-6-14(16)7-5-11-19/h3-4,6,8-10,13,19H,11-12H2,1-2H3. The van der Waals surface area contributed by atoms with Gasteiger partial charge in [-0.3, -0.25) is 4.68 Å². The SMILES string of the molecule is CC(C)n1ccc(COc2ccccc2C#CCO)n1. The maximum atomic E-state index is 8.75. The normalized spacial score (nSPS) is 10.2. The summed E-state index contributed by atoms with van der Waals surface area (Å²) in [4.78, 5) is 0. The second kappa shape index (κ2) is 6.78. The maximum absolute atomic E-state index is 8.75. The third kappa shape index (κ3) is 3.62. The van der Waals surface area contributed by atoms with Gasteiger partial charge in [0.1, 0.15) is 19.0 Å². The number of aromatic nitrogens is 2. The molecule has 0 unspecified atom stereocenters. The molecule has 0 fully saturated rings. The monoisotopic (exact) mass is 270 g/mol. The van der Waals surface area contributed by atoms with Crippen LogP contribution >= 0.6 is 0 Å². The molecule has 0 spiro atoms. The van der Waals surface area contributed by atoms with Gasteiger partial charge < -0.3 is 9.84 Å². The zero-order valence-corrected chi connectivity index (χ0v) is 11.7. The quantitative estimate of drug-likeness (QED) is 0.868. The van der Waals surface area contributed by atoms with E-state index in [0.29, 0.717) is 18.4 Å². The van der Waals surface area contributed by atoms with Crippen LogP contribution in [0, 0.1) is 11.8 Å². The fraction of sp³-hybridized carbons (Fsp3) is 0.312. The summed E-state index contributed by atoms with van der Waals surface area (Å²) in [6.45, 7) is 4.40. The van der Waals surface area contributed by atoms with E-state index in [0.717, 1.165) is 11.3 Å². The van der Waals surface area contributed by atoms with Crippen LogP contribution in [0.5, 0.6) is 5.75 Å². The highest BCUT2D eigenvalue weighted by atomic mass is 16.5. The Bertz CT molecular complexity index is 621. The Kier molecular flexibility index (Phi) is 4.80. The number of hydrogen-bond donors (Lipinski definition) is 1. The van der Waals surface area contributed by atoms with Gasteiger partial charge in [-0.2, -0.15) is 5.10 Å². The van der Waals surface area contributed by atoms with E-state index in [9.17, 15) is 0 Å². The van der Waals surface area contributed by atoms with Crippen molar-refractivity contribution in [1.29, 1.82) is 0 Å². The summed E-state index contributed by atoms with van der Waals surface area (Å²) in [5.41, 5.74) is 1.65. The summed E-state index contributed by atoms with van der Waals surface area (Å²) < 4.78 is 7.65. The molecule has 1 aromatic carbocycles. The second-order valence-electron chi connectivity index (χ2n) is 4.63. The predicted octanol–water partition coefficient (Wildman–Crippen LogP) is 2.39. The van der Waals surface area contributed by atoms with Crippen LogP contribution in [0.15, 0.2) is 36.5 Å². The first kappa shape index (κ1) is 14.2. The first-order valence-corrected chi connectivity index (χ1v) is 6.56. The van der Waals surface area contributed by atoms with E-state index in [1.807, 2.05) is 41.2 Å². The van der Waals surface area contributed by atoms with Gasteiger partial charge in [-0.25, -0.2) is 0 Å². The maximum Gasteiger partial charge on any atom is 0.135 e. The lowest BCUT2D eigenvalue weighted by Gasteiger charge is -2.07. The molecule has 0 atom stereocenters. The number of nitrogens with zero attached hydrogens (tertiary/aromatic N) is 2. The molecule has 20 heavy (non-hydrogen) atoms. The van der Waals surface area contributed by atoms with Crippen LogP contribution in [0.2, 0.25) is 0 Å². The summed E-state index contributed by atoms with van der Waals surface area (Å²) in [6, 6.07) is 9.80. The van der Waals surface area contributed by atoms with Gasteiger partial charge >= 0.3 is 0 Å². The Morgan fingerprint density at radius 1 is 1.30 bits per heavy atom. The fourth-order valence-corrected chi connectivity index (χ4v) is 1.72. The number of ether oxygens (including phenoxy) is 1. The Labute approximate surface area is 119 Å². The van der Waals surface area contributed by atoms with Crippen molar-refractivity contribution in [2.24, 2.45) is 0 Å². The molecule has 4 heteroatoms. The zero-order valence-electron chi connectivity index (χ0n) is 11.7. The predicted molar refractivity (Wildman–Crippen MR) is 77.3 cm³/mol. The first-order valence-electron chi connectivity index (χ1n) is 6.56. The molecule has 0 amide bonds. The van der Waals surface area contributed by atoms with Gasteiger partial charge in [-0.1, -0.05) is 24.0 Å². The van der Waals surface area contributed by atoms with Gasteiger partial charge in [-0.05, 0) is 32.0 Å². The number of aliphatic hydroxyl groups is 1. The van der Waals surface area contributed by atoms with Crippen LogP contribution < -0.4 is 4.74 Å². The highest BCUT2D eigenvalue weighted by molar-refractivity contribution is 5.45. The molecule has 1 aromatic heterocycles. The van der Waals surface area contributed by atoms with Crippen molar-refractivity contribution in [1.82, 2.24) is 9.78 Å². The summed E-state index contributed by atoms with van der Waals surface area (Å²) in [7, 11) is 0. The molecule has 0 saturated heterocycles. The van der Waals surface area contributed by atoms with Gasteiger partial charge in [-0.15, -0.1) is 0 Å². The molecule has 1 heterocycles. The summed E-state index contributed by atoms with van der Waals surface area (Å²) in [5.74, 6) is 6.20. The molecule has 2 rings (SSSR count). The average molecular weight is 270 g/mol. The van der Waals surface area contributed by atoms with Crippen LogP contribution in [0.1, 0.15) is 31.1 Å². The van der Waals surface area contributed by atoms with Crippen LogP contribution in [-0.2, 0) is 6.61 Å². The van der Waals surface area contributed by atoms with Crippen molar-refractivity contribution >= 4 is 0 Å². The van der Waals surface area contributed by atoms with Crippen molar-refractivity contribution in [2.75, 3.05) is 6.61 Å². The van der Waals surface area contributed by atoms with E-state index in [1.54, 1.807) is 0 Å². The number of rotatable bonds is 4. The molecular weight excluding hydrogens is 252 g/mol. The summed E-state index contributed by atoms with van der Waals surface area (Å²) in [5, 5.41) is 13.2. The highest BCUT2D eigenvalue weighted by Crippen LogP contribution is 2.18. The molecular formula is C16H18N2O2.